The molecule has 4 atom stereocenters. The van der Waals surface area contributed by atoms with Gasteiger partial charge in [0, 0.05) is 6.04 Å². The van der Waals surface area contributed by atoms with E-state index >= 15 is 0 Å². The van der Waals surface area contributed by atoms with Crippen LogP contribution in [0.4, 0.5) is 0 Å². The first-order chi connectivity index (χ1) is 12.9. The van der Waals surface area contributed by atoms with E-state index in [-0.39, 0.29) is 17.2 Å². The lowest BCUT2D eigenvalue weighted by atomic mass is 9.78. The van der Waals surface area contributed by atoms with Crippen molar-refractivity contribution in [3.05, 3.63) is 29.3 Å². The number of tetrazole rings is 1. The molecule has 0 saturated heterocycles. The first-order valence-corrected chi connectivity index (χ1v) is 10.6. The Bertz CT molecular complexity index is 805. The minimum absolute atomic E-state index is 0.0566. The molecule has 1 N–H and O–H groups in total. The summed E-state index contributed by atoms with van der Waals surface area (Å²) in [5, 5.41) is 15.7. The minimum atomic E-state index is -0.259. The Morgan fingerprint density at radius 3 is 2.81 bits per heavy atom. The van der Waals surface area contributed by atoms with Crippen molar-refractivity contribution in [1.82, 2.24) is 25.5 Å². The van der Waals surface area contributed by atoms with Crippen LogP contribution in [-0.4, -0.2) is 37.4 Å². The van der Waals surface area contributed by atoms with Crippen molar-refractivity contribution in [2.75, 3.05) is 0 Å². The summed E-state index contributed by atoms with van der Waals surface area (Å²) in [4.78, 5) is 12.7. The fraction of sp³-hybridized carbons (Fsp3) is 0.600. The van der Waals surface area contributed by atoms with Crippen molar-refractivity contribution >= 4 is 17.7 Å². The highest BCUT2D eigenvalue weighted by Crippen LogP contribution is 2.30. The van der Waals surface area contributed by atoms with E-state index in [0.717, 1.165) is 17.7 Å². The van der Waals surface area contributed by atoms with Gasteiger partial charge in [0.1, 0.15) is 0 Å². The van der Waals surface area contributed by atoms with Gasteiger partial charge in [0.15, 0.2) is 0 Å². The molecule has 0 bridgehead atoms. The molecule has 1 fully saturated rings. The summed E-state index contributed by atoms with van der Waals surface area (Å²) in [6, 6.07) is 6.42. The maximum Gasteiger partial charge on any atom is 0.233 e. The Labute approximate surface area is 165 Å². The second kappa shape index (κ2) is 8.42. The van der Waals surface area contributed by atoms with Crippen LogP contribution in [0.5, 0.6) is 0 Å². The van der Waals surface area contributed by atoms with Gasteiger partial charge in [-0.05, 0) is 61.1 Å². The zero-order valence-corrected chi connectivity index (χ0v) is 17.6. The number of aromatic nitrogens is 4. The summed E-state index contributed by atoms with van der Waals surface area (Å²) in [6.07, 6.45) is 3.50. The molecular formula is C20H29N5OS. The van der Waals surface area contributed by atoms with Gasteiger partial charge < -0.3 is 5.32 Å². The number of carbonyl (C=O) groups excluding carboxylic acids is 1. The molecule has 1 saturated carbocycles. The van der Waals surface area contributed by atoms with Crippen LogP contribution in [0.2, 0.25) is 0 Å². The van der Waals surface area contributed by atoms with Crippen LogP contribution < -0.4 is 5.32 Å². The largest absolute Gasteiger partial charge is 0.352 e. The Balaban J connectivity index is 1.69. The Hall–Kier alpha value is -1.89. The van der Waals surface area contributed by atoms with Gasteiger partial charge in [-0.1, -0.05) is 56.1 Å². The number of thioether (sulfide) groups is 1. The molecule has 1 aliphatic carbocycles. The van der Waals surface area contributed by atoms with Crippen molar-refractivity contribution < 1.29 is 4.79 Å². The second-order valence-electron chi connectivity index (χ2n) is 7.81. The number of amides is 1. The quantitative estimate of drug-likeness (QED) is 0.792. The predicted octanol–water partition coefficient (Wildman–Crippen LogP) is 3.70. The smallest absolute Gasteiger partial charge is 0.233 e. The molecule has 0 unspecified atom stereocenters. The fourth-order valence-electron chi connectivity index (χ4n) is 3.74. The zero-order chi connectivity index (χ0) is 19.6. The lowest BCUT2D eigenvalue weighted by molar-refractivity contribution is -0.121. The second-order valence-corrected chi connectivity index (χ2v) is 9.11. The molecule has 2 aromatic rings. The summed E-state index contributed by atoms with van der Waals surface area (Å²) in [6.45, 7) is 10.5. The van der Waals surface area contributed by atoms with E-state index in [4.69, 9.17) is 0 Å². The summed E-state index contributed by atoms with van der Waals surface area (Å²) in [5.41, 5.74) is 3.24. The van der Waals surface area contributed by atoms with E-state index < -0.39 is 0 Å². The van der Waals surface area contributed by atoms with Crippen LogP contribution in [0.3, 0.4) is 0 Å². The molecule has 1 aliphatic rings. The number of aryl methyl sites for hydroxylation is 2. The summed E-state index contributed by atoms with van der Waals surface area (Å²) in [7, 11) is 0. The first-order valence-electron chi connectivity index (χ1n) is 9.70. The van der Waals surface area contributed by atoms with Crippen molar-refractivity contribution in [3.8, 4) is 5.69 Å². The maximum atomic E-state index is 12.7. The van der Waals surface area contributed by atoms with E-state index in [2.05, 4.69) is 47.7 Å². The van der Waals surface area contributed by atoms with Crippen molar-refractivity contribution in [3.63, 3.8) is 0 Å². The van der Waals surface area contributed by atoms with Gasteiger partial charge in [0.2, 0.25) is 11.1 Å². The molecule has 7 heteroatoms. The predicted molar refractivity (Wildman–Crippen MR) is 108 cm³/mol. The normalized spacial score (nSPS) is 23.8. The lowest BCUT2D eigenvalue weighted by Gasteiger charge is -2.35. The standard InChI is InChI=1S/C20H29N5OS/c1-12-9-10-18(14(3)11-12)25-20(22-23-24-25)27-16(5)19(26)21-17-8-6-7-13(2)15(17)4/h9-11,13,15-17H,6-8H2,1-5H3,(H,21,26)/t13-,15-,16+,17-/m0/s1. The van der Waals surface area contributed by atoms with Gasteiger partial charge in [0.25, 0.3) is 0 Å². The highest BCUT2D eigenvalue weighted by molar-refractivity contribution is 8.00. The van der Waals surface area contributed by atoms with E-state index in [1.54, 1.807) is 4.68 Å². The van der Waals surface area contributed by atoms with E-state index in [9.17, 15) is 4.79 Å². The molecule has 1 aromatic carbocycles. The molecule has 27 heavy (non-hydrogen) atoms. The molecule has 0 spiro atoms. The maximum absolute atomic E-state index is 12.7. The van der Waals surface area contributed by atoms with Crippen LogP contribution in [0.1, 0.15) is 51.2 Å². The van der Waals surface area contributed by atoms with Crippen molar-refractivity contribution in [2.24, 2.45) is 11.8 Å². The third-order valence-corrected chi connectivity index (χ3v) is 6.74. The Morgan fingerprint density at radius 1 is 1.30 bits per heavy atom. The molecule has 1 heterocycles. The Kier molecular flexibility index (Phi) is 6.19. The average Bonchev–Trinajstić information content (AvgIpc) is 3.06. The van der Waals surface area contributed by atoms with E-state index in [1.807, 2.05) is 26.0 Å². The number of benzene rings is 1. The van der Waals surface area contributed by atoms with Crippen molar-refractivity contribution in [2.45, 2.75) is 70.3 Å². The number of nitrogens with one attached hydrogen (secondary N) is 1. The first kappa shape index (κ1) is 19.9. The fourth-order valence-corrected chi connectivity index (χ4v) is 4.55. The SMILES string of the molecule is Cc1ccc(-n2nnnc2S[C@H](C)C(=O)N[C@H]2CCC[C@H](C)[C@@H]2C)c(C)c1. The molecule has 0 aliphatic heterocycles. The van der Waals surface area contributed by atoms with Gasteiger partial charge in [-0.3, -0.25) is 4.79 Å². The van der Waals surface area contributed by atoms with Crippen LogP contribution in [-0.2, 0) is 4.79 Å². The Morgan fingerprint density at radius 2 is 2.07 bits per heavy atom. The number of rotatable bonds is 5. The molecule has 146 valence electrons. The lowest BCUT2D eigenvalue weighted by Crippen LogP contribution is -2.46. The molecule has 1 amide bonds. The van der Waals surface area contributed by atoms with E-state index in [0.29, 0.717) is 17.0 Å². The molecule has 3 rings (SSSR count). The highest BCUT2D eigenvalue weighted by Gasteiger charge is 2.30. The van der Waals surface area contributed by atoms with Gasteiger partial charge in [-0.25, -0.2) is 0 Å². The van der Waals surface area contributed by atoms with Crippen LogP contribution >= 0.6 is 11.8 Å². The number of hydrogen-bond donors (Lipinski definition) is 1. The summed E-state index contributed by atoms with van der Waals surface area (Å²) in [5.74, 6) is 1.23. The van der Waals surface area contributed by atoms with Gasteiger partial charge in [0.05, 0.1) is 10.9 Å². The zero-order valence-electron chi connectivity index (χ0n) is 16.8. The van der Waals surface area contributed by atoms with Crippen LogP contribution in [0.25, 0.3) is 5.69 Å². The third-order valence-electron chi connectivity index (χ3n) is 5.71. The number of nitrogens with zero attached hydrogens (tertiary/aromatic N) is 4. The summed E-state index contributed by atoms with van der Waals surface area (Å²) < 4.78 is 1.72. The van der Waals surface area contributed by atoms with E-state index in [1.165, 1.54) is 30.2 Å². The van der Waals surface area contributed by atoms with Crippen LogP contribution in [0.15, 0.2) is 23.4 Å². The third kappa shape index (κ3) is 4.51. The average molecular weight is 388 g/mol. The topological polar surface area (TPSA) is 72.7 Å². The molecule has 1 aromatic heterocycles. The summed E-state index contributed by atoms with van der Waals surface area (Å²) >= 11 is 1.40. The minimum Gasteiger partial charge on any atom is -0.352 e. The van der Waals surface area contributed by atoms with Gasteiger partial charge >= 0.3 is 0 Å². The monoisotopic (exact) mass is 387 g/mol. The molecule has 0 radical (unpaired) electrons. The van der Waals surface area contributed by atoms with Crippen LogP contribution in [0, 0.1) is 25.7 Å². The molecular weight excluding hydrogens is 358 g/mol. The number of hydrogen-bond acceptors (Lipinski definition) is 5. The number of carbonyl (C=O) groups is 1. The molecule has 6 nitrogen and oxygen atoms in total. The van der Waals surface area contributed by atoms with Gasteiger partial charge in [-0.2, -0.15) is 4.68 Å². The highest BCUT2D eigenvalue weighted by atomic mass is 32.2. The van der Waals surface area contributed by atoms with Crippen molar-refractivity contribution in [1.29, 1.82) is 0 Å². The van der Waals surface area contributed by atoms with Gasteiger partial charge in [-0.15, -0.1) is 5.10 Å².